The van der Waals surface area contributed by atoms with Crippen molar-refractivity contribution in [2.75, 3.05) is 5.73 Å². The van der Waals surface area contributed by atoms with Crippen LogP contribution in [0.15, 0.2) is 24.5 Å². The van der Waals surface area contributed by atoms with Crippen LogP contribution in [0, 0.1) is 6.92 Å². The zero-order chi connectivity index (χ0) is 17.6. The minimum atomic E-state index is -0.547. The second-order valence-corrected chi connectivity index (χ2v) is 7.06. The van der Waals surface area contributed by atoms with Crippen molar-refractivity contribution in [3.63, 3.8) is 0 Å². The van der Waals surface area contributed by atoms with E-state index >= 15 is 0 Å². The van der Waals surface area contributed by atoms with E-state index in [-0.39, 0.29) is 5.97 Å². The third-order valence-electron chi connectivity index (χ3n) is 3.90. The Bertz CT molecular complexity index is 937. The Morgan fingerprint density at radius 1 is 1.29 bits per heavy atom. The monoisotopic (exact) mass is 326 g/mol. The molecule has 24 heavy (non-hydrogen) atoms. The van der Waals surface area contributed by atoms with Gasteiger partial charge in [0.05, 0.1) is 10.9 Å². The second kappa shape index (κ2) is 5.47. The van der Waals surface area contributed by atoms with Crippen molar-refractivity contribution in [3.05, 3.63) is 30.1 Å². The molecule has 1 aromatic carbocycles. The van der Waals surface area contributed by atoms with Crippen molar-refractivity contribution >= 4 is 33.7 Å². The Morgan fingerprint density at radius 2 is 2.00 bits per heavy atom. The van der Waals surface area contributed by atoms with E-state index < -0.39 is 11.6 Å². The Labute approximate surface area is 140 Å². The van der Waals surface area contributed by atoms with Gasteiger partial charge in [0, 0.05) is 5.39 Å². The summed E-state index contributed by atoms with van der Waals surface area (Å²) in [6.45, 7) is 9.39. The lowest BCUT2D eigenvalue weighted by Crippen LogP contribution is -2.29. The zero-order valence-corrected chi connectivity index (χ0v) is 14.6. The molecular weight excluding hydrogens is 304 g/mol. The molecule has 6 nitrogen and oxygen atoms in total. The largest absolute Gasteiger partial charge is 0.458 e. The van der Waals surface area contributed by atoms with Crippen LogP contribution in [0.2, 0.25) is 0 Å². The van der Waals surface area contributed by atoms with E-state index in [0.29, 0.717) is 11.5 Å². The third kappa shape index (κ3) is 2.68. The Hall–Kier alpha value is -2.63. The van der Waals surface area contributed by atoms with Crippen LogP contribution in [-0.2, 0) is 9.53 Å². The maximum atomic E-state index is 12.6. The first kappa shape index (κ1) is 16.2. The van der Waals surface area contributed by atoms with Gasteiger partial charge in [-0.15, -0.1) is 0 Å². The first-order valence-electron chi connectivity index (χ1n) is 7.92. The smallest absolute Gasteiger partial charge is 0.329 e. The molecule has 0 radical (unpaired) electrons. The highest BCUT2D eigenvalue weighted by molar-refractivity contribution is 6.12. The van der Waals surface area contributed by atoms with Crippen molar-refractivity contribution in [1.29, 1.82) is 0 Å². The molecule has 0 aliphatic rings. The fourth-order valence-corrected chi connectivity index (χ4v) is 2.89. The second-order valence-electron chi connectivity index (χ2n) is 7.06. The number of aryl methyl sites for hydroxylation is 1. The molecule has 0 bridgehead atoms. The molecule has 3 aromatic rings. The molecular formula is C18H22N4O2. The number of hydrogen-bond acceptors (Lipinski definition) is 5. The average molecular weight is 326 g/mol. The van der Waals surface area contributed by atoms with Gasteiger partial charge in [-0.3, -0.25) is 0 Å². The van der Waals surface area contributed by atoms with E-state index in [4.69, 9.17) is 10.5 Å². The maximum Gasteiger partial charge on any atom is 0.329 e. The lowest BCUT2D eigenvalue weighted by Gasteiger charge is -2.23. The molecule has 126 valence electrons. The van der Waals surface area contributed by atoms with E-state index in [0.717, 1.165) is 21.9 Å². The molecule has 2 aromatic heterocycles. The predicted octanol–water partition coefficient (Wildman–Crippen LogP) is 3.38. The van der Waals surface area contributed by atoms with Gasteiger partial charge >= 0.3 is 5.97 Å². The number of esters is 1. The highest BCUT2D eigenvalue weighted by Crippen LogP contribution is 2.34. The first-order valence-corrected chi connectivity index (χ1v) is 7.92. The highest BCUT2D eigenvalue weighted by atomic mass is 16.6. The number of carbonyl (C=O) groups excluding carboxylic acids is 1. The van der Waals surface area contributed by atoms with Gasteiger partial charge in [0.25, 0.3) is 0 Å². The molecule has 3 rings (SSSR count). The fraction of sp³-hybridized carbons (Fsp3) is 0.389. The number of fused-ring (bicyclic) bond motifs is 3. The van der Waals surface area contributed by atoms with E-state index in [2.05, 4.69) is 9.97 Å². The maximum absolute atomic E-state index is 12.6. The standard InChI is InChI=1S/C18H22N4O2/c1-10-6-7-13-12(8-10)14-15(19)20-9-21-16(14)22(13)11(2)17(23)24-18(3,4)5/h6-9,11H,1-5H3,(H2,19,20,21). The van der Waals surface area contributed by atoms with Crippen molar-refractivity contribution in [3.8, 4) is 0 Å². The van der Waals surface area contributed by atoms with Crippen LogP contribution in [0.25, 0.3) is 21.9 Å². The summed E-state index contributed by atoms with van der Waals surface area (Å²) in [6, 6.07) is 5.49. The van der Waals surface area contributed by atoms with Crippen LogP contribution in [0.4, 0.5) is 5.82 Å². The molecule has 2 N–H and O–H groups in total. The molecule has 2 heterocycles. The van der Waals surface area contributed by atoms with Gasteiger partial charge in [-0.05, 0) is 46.8 Å². The summed E-state index contributed by atoms with van der Waals surface area (Å²) in [4.78, 5) is 21.1. The number of nitrogen functional groups attached to an aromatic ring is 1. The fourth-order valence-electron chi connectivity index (χ4n) is 2.89. The van der Waals surface area contributed by atoms with Crippen molar-refractivity contribution in [2.45, 2.75) is 46.3 Å². The van der Waals surface area contributed by atoms with Gasteiger partial charge in [-0.2, -0.15) is 0 Å². The van der Waals surface area contributed by atoms with Crippen LogP contribution in [-0.4, -0.2) is 26.1 Å². The van der Waals surface area contributed by atoms with Crippen LogP contribution in [0.5, 0.6) is 0 Å². The van der Waals surface area contributed by atoms with E-state index in [1.807, 2.05) is 57.4 Å². The third-order valence-corrected chi connectivity index (χ3v) is 3.90. The Kier molecular flexibility index (Phi) is 3.70. The number of anilines is 1. The zero-order valence-electron chi connectivity index (χ0n) is 14.6. The van der Waals surface area contributed by atoms with Crippen LogP contribution in [0.1, 0.15) is 39.3 Å². The molecule has 0 saturated carbocycles. The SMILES string of the molecule is Cc1ccc2c(c1)c1c(N)ncnc1n2C(C)C(=O)OC(C)(C)C. The van der Waals surface area contributed by atoms with Crippen LogP contribution < -0.4 is 5.73 Å². The summed E-state index contributed by atoms with van der Waals surface area (Å²) < 4.78 is 7.41. The molecule has 0 fully saturated rings. The minimum absolute atomic E-state index is 0.306. The van der Waals surface area contributed by atoms with Gasteiger partial charge in [-0.25, -0.2) is 14.8 Å². The molecule has 0 spiro atoms. The summed E-state index contributed by atoms with van der Waals surface area (Å²) in [6.07, 6.45) is 1.42. The molecule has 1 unspecified atom stereocenters. The number of ether oxygens (including phenoxy) is 1. The number of rotatable bonds is 2. The van der Waals surface area contributed by atoms with Gasteiger partial charge in [0.1, 0.15) is 29.4 Å². The summed E-state index contributed by atoms with van der Waals surface area (Å²) in [5, 5.41) is 1.71. The summed E-state index contributed by atoms with van der Waals surface area (Å²) >= 11 is 0. The van der Waals surface area contributed by atoms with Gasteiger partial charge in [-0.1, -0.05) is 11.6 Å². The highest BCUT2D eigenvalue weighted by Gasteiger charge is 2.27. The molecule has 6 heteroatoms. The van der Waals surface area contributed by atoms with E-state index in [1.165, 1.54) is 6.33 Å². The number of hydrogen-bond donors (Lipinski definition) is 1. The molecule has 0 amide bonds. The Morgan fingerprint density at radius 3 is 2.67 bits per heavy atom. The van der Waals surface area contributed by atoms with Crippen molar-refractivity contribution < 1.29 is 9.53 Å². The summed E-state index contributed by atoms with van der Waals surface area (Å²) in [7, 11) is 0. The van der Waals surface area contributed by atoms with Gasteiger partial charge in [0.15, 0.2) is 0 Å². The molecule has 1 atom stereocenters. The normalized spacial score (nSPS) is 13.4. The molecule has 0 aliphatic carbocycles. The average Bonchev–Trinajstić information content (AvgIpc) is 2.79. The lowest BCUT2D eigenvalue weighted by atomic mass is 10.1. The van der Waals surface area contributed by atoms with Crippen LogP contribution >= 0.6 is 0 Å². The number of benzene rings is 1. The first-order chi connectivity index (χ1) is 11.2. The van der Waals surface area contributed by atoms with Gasteiger partial charge < -0.3 is 15.0 Å². The summed E-state index contributed by atoms with van der Waals surface area (Å²) in [5.41, 5.74) is 8.17. The minimum Gasteiger partial charge on any atom is -0.458 e. The lowest BCUT2D eigenvalue weighted by molar-refractivity contribution is -0.158. The van der Waals surface area contributed by atoms with Crippen molar-refractivity contribution in [2.24, 2.45) is 0 Å². The Balaban J connectivity index is 2.26. The number of nitrogens with zero attached hydrogens (tertiary/aromatic N) is 3. The topological polar surface area (TPSA) is 83.0 Å². The quantitative estimate of drug-likeness (QED) is 0.730. The van der Waals surface area contributed by atoms with E-state index in [9.17, 15) is 4.79 Å². The molecule has 0 saturated heterocycles. The van der Waals surface area contributed by atoms with Crippen molar-refractivity contribution in [1.82, 2.24) is 14.5 Å². The predicted molar refractivity (Wildman–Crippen MR) is 94.7 cm³/mol. The number of aromatic nitrogens is 3. The molecule has 0 aliphatic heterocycles. The van der Waals surface area contributed by atoms with Crippen LogP contribution in [0.3, 0.4) is 0 Å². The summed E-state index contributed by atoms with van der Waals surface area (Å²) in [5.74, 6) is 0.102. The van der Waals surface area contributed by atoms with Gasteiger partial charge in [0.2, 0.25) is 0 Å². The van der Waals surface area contributed by atoms with E-state index in [1.54, 1.807) is 0 Å². The number of nitrogens with two attached hydrogens (primary N) is 1. The number of carbonyl (C=O) groups is 1.